The van der Waals surface area contributed by atoms with Crippen molar-refractivity contribution in [2.75, 3.05) is 0 Å². The average Bonchev–Trinajstić information content (AvgIpc) is 3.05. The highest BCUT2D eigenvalue weighted by molar-refractivity contribution is 5.79. The number of nitrogens with zero attached hydrogens (tertiary/aromatic N) is 3. The van der Waals surface area contributed by atoms with Gasteiger partial charge in [-0.2, -0.15) is 0 Å². The fourth-order valence-electron chi connectivity index (χ4n) is 2.37. The molecule has 0 saturated heterocycles. The molecule has 4 rings (SSSR count). The van der Waals surface area contributed by atoms with Crippen LogP contribution in [0.1, 0.15) is 0 Å². The smallest absolute Gasteiger partial charge is 0.362 e. The Kier molecular flexibility index (Phi) is 2.94. The number of benzene rings is 2. The van der Waals surface area contributed by atoms with Gasteiger partial charge in [-0.15, -0.1) is 5.10 Å². The van der Waals surface area contributed by atoms with Crippen LogP contribution in [0, 0.1) is 0 Å². The fraction of sp³-hybridized carbons (Fsp3) is 0. The molecular weight excluding hydrogens is 294 g/mol. The van der Waals surface area contributed by atoms with Gasteiger partial charge in [0, 0.05) is 17.0 Å². The summed E-state index contributed by atoms with van der Waals surface area (Å²) >= 11 is 0. The highest BCUT2D eigenvalue weighted by atomic mass is 16.4. The van der Waals surface area contributed by atoms with Crippen molar-refractivity contribution < 1.29 is 9.52 Å². The number of hydrogen-bond acceptors (Lipinski definition) is 5. The number of rotatable bonds is 2. The molecule has 2 heterocycles. The van der Waals surface area contributed by atoms with Gasteiger partial charge in [-0.1, -0.05) is 35.5 Å². The normalized spacial score (nSPS) is 11.0. The molecule has 1 N–H and O–H groups in total. The number of hydrogen-bond donors (Lipinski definition) is 1. The van der Waals surface area contributed by atoms with Gasteiger partial charge in [-0.25, -0.2) is 9.48 Å². The molecule has 0 aliphatic rings. The van der Waals surface area contributed by atoms with Gasteiger partial charge in [0.2, 0.25) is 0 Å². The quantitative estimate of drug-likeness (QED) is 0.576. The maximum absolute atomic E-state index is 12.2. The third-order valence-corrected chi connectivity index (χ3v) is 3.51. The Morgan fingerprint density at radius 1 is 1.04 bits per heavy atom. The molecule has 6 nitrogen and oxygen atoms in total. The van der Waals surface area contributed by atoms with E-state index in [1.165, 1.54) is 16.8 Å². The van der Waals surface area contributed by atoms with E-state index in [0.29, 0.717) is 16.7 Å². The van der Waals surface area contributed by atoms with Crippen LogP contribution >= 0.6 is 0 Å². The zero-order valence-corrected chi connectivity index (χ0v) is 11.9. The van der Waals surface area contributed by atoms with Crippen LogP contribution in [0.5, 0.6) is 5.75 Å². The first-order valence-corrected chi connectivity index (χ1v) is 6.96. The van der Waals surface area contributed by atoms with Gasteiger partial charge in [0.25, 0.3) is 0 Å². The van der Waals surface area contributed by atoms with E-state index in [2.05, 4.69) is 10.3 Å². The lowest BCUT2D eigenvalue weighted by Crippen LogP contribution is -2.10. The van der Waals surface area contributed by atoms with Crippen molar-refractivity contribution in [1.82, 2.24) is 15.0 Å². The topological polar surface area (TPSA) is 81.1 Å². The fourth-order valence-corrected chi connectivity index (χ4v) is 2.37. The van der Waals surface area contributed by atoms with Gasteiger partial charge in [-0.05, 0) is 18.2 Å². The minimum absolute atomic E-state index is 0.0421. The summed E-state index contributed by atoms with van der Waals surface area (Å²) in [6.45, 7) is 0. The molecular formula is C17H11N3O3. The van der Waals surface area contributed by atoms with Crippen molar-refractivity contribution in [3.05, 3.63) is 71.2 Å². The van der Waals surface area contributed by atoms with Crippen molar-refractivity contribution in [3.63, 3.8) is 0 Å². The lowest BCUT2D eigenvalue weighted by atomic mass is 10.2. The summed E-state index contributed by atoms with van der Waals surface area (Å²) in [5, 5.41) is 18.2. The molecule has 2 aromatic carbocycles. The molecule has 0 bridgehead atoms. The number of aromatic nitrogens is 3. The third kappa shape index (κ3) is 2.36. The second-order valence-corrected chi connectivity index (χ2v) is 5.06. The molecule has 0 aliphatic carbocycles. The Hall–Kier alpha value is -3.41. The predicted octanol–water partition coefficient (Wildman–Crippen LogP) is 2.75. The Labute approximate surface area is 130 Å². The Morgan fingerprint density at radius 3 is 2.70 bits per heavy atom. The van der Waals surface area contributed by atoms with Gasteiger partial charge < -0.3 is 9.52 Å². The molecule has 23 heavy (non-hydrogen) atoms. The van der Waals surface area contributed by atoms with Crippen molar-refractivity contribution in [3.8, 4) is 22.7 Å². The van der Waals surface area contributed by atoms with E-state index in [4.69, 9.17) is 4.42 Å². The number of phenols is 1. The van der Waals surface area contributed by atoms with Crippen molar-refractivity contribution >= 4 is 11.0 Å². The standard InChI is InChI=1S/C17H11N3O3/c21-13-7-6-12-8-15(17(22)23-16(12)9-13)20-10-14(18-19-20)11-4-2-1-3-5-11/h1-10,21H. The summed E-state index contributed by atoms with van der Waals surface area (Å²) < 4.78 is 6.63. The van der Waals surface area contributed by atoms with E-state index in [-0.39, 0.29) is 11.4 Å². The first kappa shape index (κ1) is 13.3. The maximum atomic E-state index is 12.2. The van der Waals surface area contributed by atoms with E-state index in [1.54, 1.807) is 18.3 Å². The van der Waals surface area contributed by atoms with Crippen molar-refractivity contribution in [2.24, 2.45) is 0 Å². The van der Waals surface area contributed by atoms with Gasteiger partial charge in [-0.3, -0.25) is 0 Å². The molecule has 0 radical (unpaired) electrons. The number of fused-ring (bicyclic) bond motifs is 1. The zero-order chi connectivity index (χ0) is 15.8. The van der Waals surface area contributed by atoms with Crippen LogP contribution in [0.4, 0.5) is 0 Å². The van der Waals surface area contributed by atoms with Crippen molar-refractivity contribution in [2.45, 2.75) is 0 Å². The predicted molar refractivity (Wildman–Crippen MR) is 84.5 cm³/mol. The summed E-state index contributed by atoms with van der Waals surface area (Å²) in [7, 11) is 0. The van der Waals surface area contributed by atoms with Crippen LogP contribution in [-0.2, 0) is 0 Å². The molecule has 0 amide bonds. The van der Waals surface area contributed by atoms with Crippen LogP contribution in [-0.4, -0.2) is 20.1 Å². The van der Waals surface area contributed by atoms with Gasteiger partial charge in [0.15, 0.2) is 5.69 Å². The molecule has 0 unspecified atom stereocenters. The Morgan fingerprint density at radius 2 is 1.87 bits per heavy atom. The highest BCUT2D eigenvalue weighted by Crippen LogP contribution is 2.21. The summed E-state index contributed by atoms with van der Waals surface area (Å²) in [6, 6.07) is 15.8. The Bertz CT molecular complexity index is 1050. The second-order valence-electron chi connectivity index (χ2n) is 5.06. The van der Waals surface area contributed by atoms with Crippen LogP contribution in [0.15, 0.2) is 70.0 Å². The van der Waals surface area contributed by atoms with E-state index in [1.807, 2.05) is 30.3 Å². The van der Waals surface area contributed by atoms with Gasteiger partial charge >= 0.3 is 5.63 Å². The lowest BCUT2D eigenvalue weighted by Gasteiger charge is -2.01. The van der Waals surface area contributed by atoms with Crippen molar-refractivity contribution in [1.29, 1.82) is 0 Å². The molecule has 112 valence electrons. The molecule has 0 aliphatic heterocycles. The summed E-state index contributed by atoms with van der Waals surface area (Å²) in [6.07, 6.45) is 1.67. The van der Waals surface area contributed by atoms with E-state index >= 15 is 0 Å². The molecule has 0 atom stereocenters. The van der Waals surface area contributed by atoms with Crippen LogP contribution in [0.2, 0.25) is 0 Å². The second kappa shape index (κ2) is 5.10. The molecule has 0 fully saturated rings. The first-order chi connectivity index (χ1) is 11.2. The van der Waals surface area contributed by atoms with Crippen LogP contribution in [0.3, 0.4) is 0 Å². The van der Waals surface area contributed by atoms with Gasteiger partial charge in [0.1, 0.15) is 17.0 Å². The maximum Gasteiger partial charge on any atom is 0.362 e. The SMILES string of the molecule is O=c1oc2cc(O)ccc2cc1-n1cc(-c2ccccc2)nn1. The highest BCUT2D eigenvalue weighted by Gasteiger charge is 2.11. The largest absolute Gasteiger partial charge is 0.508 e. The summed E-state index contributed by atoms with van der Waals surface area (Å²) in [5.41, 5.74) is 1.61. The van der Waals surface area contributed by atoms with E-state index in [0.717, 1.165) is 5.56 Å². The number of aromatic hydroxyl groups is 1. The lowest BCUT2D eigenvalue weighted by molar-refractivity contribution is 0.473. The average molecular weight is 305 g/mol. The van der Waals surface area contributed by atoms with Gasteiger partial charge in [0.05, 0.1) is 6.20 Å². The third-order valence-electron chi connectivity index (χ3n) is 3.51. The minimum atomic E-state index is -0.549. The molecule has 2 aromatic heterocycles. The van der Waals surface area contributed by atoms with Crippen LogP contribution in [0.25, 0.3) is 27.9 Å². The summed E-state index contributed by atoms with van der Waals surface area (Å²) in [5.74, 6) is 0.0421. The molecule has 0 spiro atoms. The minimum Gasteiger partial charge on any atom is -0.508 e. The van der Waals surface area contributed by atoms with E-state index < -0.39 is 5.63 Å². The summed E-state index contributed by atoms with van der Waals surface area (Å²) in [4.78, 5) is 12.2. The Balaban J connectivity index is 1.83. The molecule has 4 aromatic rings. The van der Waals surface area contributed by atoms with E-state index in [9.17, 15) is 9.90 Å². The van der Waals surface area contributed by atoms with Crippen LogP contribution < -0.4 is 5.63 Å². The molecule has 0 saturated carbocycles. The molecule has 6 heteroatoms. The zero-order valence-electron chi connectivity index (χ0n) is 11.9. The first-order valence-electron chi connectivity index (χ1n) is 6.96. The monoisotopic (exact) mass is 305 g/mol. The number of phenolic OH excluding ortho intramolecular Hbond substituents is 1.